The highest BCUT2D eigenvalue weighted by atomic mass is 16.1. The van der Waals surface area contributed by atoms with Crippen LogP contribution in [-0.4, -0.2) is 25.5 Å². The molecule has 0 unspecified atom stereocenters. The van der Waals surface area contributed by atoms with Gasteiger partial charge in [0, 0.05) is 12.7 Å². The molecule has 0 N–H and O–H groups in total. The molecule has 0 aliphatic rings. The van der Waals surface area contributed by atoms with Crippen LogP contribution in [0.15, 0.2) is 42.7 Å². The lowest BCUT2D eigenvalue weighted by atomic mass is 10.2. The predicted octanol–water partition coefficient (Wildman–Crippen LogP) is 2.08. The number of benzene rings is 1. The van der Waals surface area contributed by atoms with Crippen LogP contribution in [0.4, 0.5) is 0 Å². The maximum Gasteiger partial charge on any atom is 0.230 e. The van der Waals surface area contributed by atoms with Crippen molar-refractivity contribution in [2.75, 3.05) is 0 Å². The van der Waals surface area contributed by atoms with Crippen molar-refractivity contribution in [3.8, 4) is 0 Å². The zero-order valence-electron chi connectivity index (χ0n) is 10.4. The highest BCUT2D eigenvalue weighted by Gasteiger charge is 2.15. The number of ketones is 1. The Labute approximate surface area is 109 Å². The van der Waals surface area contributed by atoms with Gasteiger partial charge in [-0.2, -0.15) is 5.10 Å². The number of rotatable bonds is 3. The van der Waals surface area contributed by atoms with Crippen LogP contribution in [0.1, 0.15) is 23.1 Å². The second kappa shape index (κ2) is 4.61. The molecule has 2 aromatic heterocycles. The summed E-state index contributed by atoms with van der Waals surface area (Å²) in [7, 11) is 0. The van der Waals surface area contributed by atoms with Crippen molar-refractivity contribution in [1.82, 2.24) is 19.7 Å². The molecule has 19 heavy (non-hydrogen) atoms. The number of hydrogen-bond donors (Lipinski definition) is 0. The minimum absolute atomic E-state index is 0.155. The lowest BCUT2D eigenvalue weighted by Gasteiger charge is -2.04. The Bertz CT molecular complexity index is 748. The average Bonchev–Trinajstić information content (AvgIpc) is 2.94. The van der Waals surface area contributed by atoms with Crippen LogP contribution in [-0.2, 0) is 6.54 Å². The van der Waals surface area contributed by atoms with Gasteiger partial charge in [-0.25, -0.2) is 4.98 Å². The third kappa shape index (κ3) is 1.99. The number of nitrogens with zero attached hydrogens (tertiary/aromatic N) is 4. The fraction of sp³-hybridized carbons (Fsp3) is 0.143. The molecule has 94 valence electrons. The zero-order chi connectivity index (χ0) is 13.2. The maximum absolute atomic E-state index is 12.4. The predicted molar refractivity (Wildman–Crippen MR) is 70.9 cm³/mol. The molecule has 2 heterocycles. The van der Waals surface area contributed by atoms with E-state index in [2.05, 4.69) is 15.1 Å². The lowest BCUT2D eigenvalue weighted by Crippen LogP contribution is -2.12. The second-order valence-electron chi connectivity index (χ2n) is 4.11. The molecule has 0 bridgehead atoms. The SMILES string of the molecule is CCn1nccc1C(=O)c1cnc2ccccc2n1. The fourth-order valence-electron chi connectivity index (χ4n) is 1.98. The lowest BCUT2D eigenvalue weighted by molar-refractivity contribution is 0.102. The molecule has 1 aromatic carbocycles. The van der Waals surface area contributed by atoms with Gasteiger partial charge in [-0.3, -0.25) is 14.5 Å². The molecule has 0 saturated carbocycles. The van der Waals surface area contributed by atoms with Gasteiger partial charge in [0.1, 0.15) is 11.4 Å². The molecule has 0 radical (unpaired) electrons. The van der Waals surface area contributed by atoms with E-state index < -0.39 is 0 Å². The molecule has 0 spiro atoms. The van der Waals surface area contributed by atoms with Crippen molar-refractivity contribution >= 4 is 16.8 Å². The van der Waals surface area contributed by atoms with E-state index in [9.17, 15) is 4.79 Å². The Hall–Kier alpha value is -2.56. The molecule has 0 amide bonds. The van der Waals surface area contributed by atoms with E-state index in [-0.39, 0.29) is 5.78 Å². The molecule has 0 fully saturated rings. The number of aryl methyl sites for hydroxylation is 1. The molecule has 3 rings (SSSR count). The van der Waals surface area contributed by atoms with E-state index in [1.54, 1.807) is 16.9 Å². The number of aromatic nitrogens is 4. The van der Waals surface area contributed by atoms with E-state index in [1.807, 2.05) is 31.2 Å². The van der Waals surface area contributed by atoms with Crippen molar-refractivity contribution in [3.05, 3.63) is 54.1 Å². The molecule has 0 atom stereocenters. The largest absolute Gasteiger partial charge is 0.285 e. The van der Waals surface area contributed by atoms with Gasteiger partial charge in [0.2, 0.25) is 5.78 Å². The van der Waals surface area contributed by atoms with E-state index in [0.717, 1.165) is 11.0 Å². The summed E-state index contributed by atoms with van der Waals surface area (Å²) in [5.41, 5.74) is 2.37. The summed E-state index contributed by atoms with van der Waals surface area (Å²) in [6.45, 7) is 2.59. The summed E-state index contributed by atoms with van der Waals surface area (Å²) >= 11 is 0. The van der Waals surface area contributed by atoms with Crippen LogP contribution in [0.25, 0.3) is 11.0 Å². The number of para-hydroxylation sites is 2. The van der Waals surface area contributed by atoms with Gasteiger partial charge in [0.15, 0.2) is 0 Å². The van der Waals surface area contributed by atoms with Crippen LogP contribution >= 0.6 is 0 Å². The van der Waals surface area contributed by atoms with Crippen LogP contribution in [0, 0.1) is 0 Å². The third-order valence-corrected chi connectivity index (χ3v) is 2.93. The van der Waals surface area contributed by atoms with Gasteiger partial charge in [-0.05, 0) is 25.1 Å². The number of hydrogen-bond acceptors (Lipinski definition) is 4. The average molecular weight is 252 g/mol. The van der Waals surface area contributed by atoms with Gasteiger partial charge in [-0.1, -0.05) is 12.1 Å². The van der Waals surface area contributed by atoms with Crippen LogP contribution in [0.2, 0.25) is 0 Å². The first-order chi connectivity index (χ1) is 9.29. The highest BCUT2D eigenvalue weighted by Crippen LogP contribution is 2.12. The second-order valence-corrected chi connectivity index (χ2v) is 4.11. The standard InChI is InChI=1S/C14H12N4O/c1-2-18-13(7-8-16-18)14(19)12-9-15-10-5-3-4-6-11(10)17-12/h3-9H,2H2,1H3. The van der Waals surface area contributed by atoms with Gasteiger partial charge in [0.25, 0.3) is 0 Å². The van der Waals surface area contributed by atoms with Gasteiger partial charge in [0.05, 0.1) is 17.2 Å². The topological polar surface area (TPSA) is 60.7 Å². The zero-order valence-corrected chi connectivity index (χ0v) is 10.4. The van der Waals surface area contributed by atoms with Crippen molar-refractivity contribution in [3.63, 3.8) is 0 Å². The Morgan fingerprint density at radius 2 is 2.00 bits per heavy atom. The fourth-order valence-corrected chi connectivity index (χ4v) is 1.98. The number of carbonyl (C=O) groups excluding carboxylic acids is 1. The normalized spacial score (nSPS) is 10.8. The number of fused-ring (bicyclic) bond motifs is 1. The minimum Gasteiger partial charge on any atom is -0.285 e. The summed E-state index contributed by atoms with van der Waals surface area (Å²) in [6.07, 6.45) is 3.13. The Morgan fingerprint density at radius 1 is 1.21 bits per heavy atom. The first kappa shape index (κ1) is 11.5. The molecule has 0 aliphatic carbocycles. The van der Waals surface area contributed by atoms with E-state index in [4.69, 9.17) is 0 Å². The maximum atomic E-state index is 12.4. The van der Waals surface area contributed by atoms with Gasteiger partial charge < -0.3 is 0 Å². The van der Waals surface area contributed by atoms with Crippen LogP contribution < -0.4 is 0 Å². The minimum atomic E-state index is -0.155. The van der Waals surface area contributed by atoms with E-state index in [1.165, 1.54) is 6.20 Å². The molecule has 3 aromatic rings. The van der Waals surface area contributed by atoms with E-state index >= 15 is 0 Å². The van der Waals surface area contributed by atoms with Crippen molar-refractivity contribution in [2.24, 2.45) is 0 Å². The molecule has 0 saturated heterocycles. The molecular weight excluding hydrogens is 240 g/mol. The Morgan fingerprint density at radius 3 is 2.79 bits per heavy atom. The van der Waals surface area contributed by atoms with E-state index in [0.29, 0.717) is 17.9 Å². The quantitative estimate of drug-likeness (QED) is 0.669. The van der Waals surface area contributed by atoms with Gasteiger partial charge >= 0.3 is 0 Å². The molecule has 5 heteroatoms. The summed E-state index contributed by atoms with van der Waals surface area (Å²) in [5.74, 6) is -0.155. The molecule has 0 aliphatic heterocycles. The molecular formula is C14H12N4O. The summed E-state index contributed by atoms with van der Waals surface area (Å²) < 4.78 is 1.65. The highest BCUT2D eigenvalue weighted by molar-refractivity contribution is 6.07. The summed E-state index contributed by atoms with van der Waals surface area (Å²) in [5, 5.41) is 4.09. The Balaban J connectivity index is 2.06. The number of carbonyl (C=O) groups is 1. The first-order valence-electron chi connectivity index (χ1n) is 6.08. The van der Waals surface area contributed by atoms with Crippen LogP contribution in [0.5, 0.6) is 0 Å². The van der Waals surface area contributed by atoms with Crippen molar-refractivity contribution in [2.45, 2.75) is 13.5 Å². The monoisotopic (exact) mass is 252 g/mol. The smallest absolute Gasteiger partial charge is 0.230 e. The van der Waals surface area contributed by atoms with Crippen LogP contribution in [0.3, 0.4) is 0 Å². The van der Waals surface area contributed by atoms with Crippen molar-refractivity contribution < 1.29 is 4.79 Å². The van der Waals surface area contributed by atoms with Gasteiger partial charge in [-0.15, -0.1) is 0 Å². The summed E-state index contributed by atoms with van der Waals surface area (Å²) in [4.78, 5) is 21.0. The summed E-state index contributed by atoms with van der Waals surface area (Å²) in [6, 6.07) is 9.18. The van der Waals surface area contributed by atoms with Crippen molar-refractivity contribution in [1.29, 1.82) is 0 Å². The third-order valence-electron chi connectivity index (χ3n) is 2.93. The molecule has 5 nitrogen and oxygen atoms in total. The first-order valence-corrected chi connectivity index (χ1v) is 6.08. The Kier molecular flexibility index (Phi) is 2.79.